The second-order valence-electron chi connectivity index (χ2n) is 7.05. The lowest BCUT2D eigenvalue weighted by Gasteiger charge is -2.15. The lowest BCUT2D eigenvalue weighted by atomic mass is 10.1. The molecule has 2 aromatic carbocycles. The molecule has 0 saturated carbocycles. The van der Waals surface area contributed by atoms with Gasteiger partial charge in [-0.3, -0.25) is 9.59 Å². The van der Waals surface area contributed by atoms with Crippen molar-refractivity contribution in [2.45, 2.75) is 25.3 Å². The minimum absolute atomic E-state index is 0.0690. The van der Waals surface area contributed by atoms with Gasteiger partial charge in [0.15, 0.2) is 12.4 Å². The number of ketones is 1. The van der Waals surface area contributed by atoms with E-state index in [9.17, 15) is 19.5 Å². The Morgan fingerprint density at radius 1 is 1.17 bits per heavy atom. The largest absolute Gasteiger partial charge is 0.484 e. The Bertz CT molecular complexity index is 1100. The topological polar surface area (TPSA) is 108 Å². The Kier molecular flexibility index (Phi) is 5.03. The summed E-state index contributed by atoms with van der Waals surface area (Å²) in [7, 11) is 0. The fourth-order valence-electron chi connectivity index (χ4n) is 3.61. The predicted octanol–water partition coefficient (Wildman–Crippen LogP) is 2.49. The highest BCUT2D eigenvalue weighted by Gasteiger charge is 2.23. The molecule has 0 spiro atoms. The van der Waals surface area contributed by atoms with Gasteiger partial charge in [-0.2, -0.15) is 0 Å². The molecule has 7 nitrogen and oxygen atoms in total. The molecular formula is C22H20N2O5. The third-order valence-corrected chi connectivity index (χ3v) is 5.11. The number of carbonyl (C=O) groups is 3. The zero-order valence-electron chi connectivity index (χ0n) is 15.6. The summed E-state index contributed by atoms with van der Waals surface area (Å²) >= 11 is 0. The molecule has 4 rings (SSSR count). The molecule has 1 aliphatic rings. The molecule has 0 radical (unpaired) electrons. The molecule has 1 heterocycles. The summed E-state index contributed by atoms with van der Waals surface area (Å²) in [5, 5.41) is 12.9. The van der Waals surface area contributed by atoms with Crippen molar-refractivity contribution in [3.63, 3.8) is 0 Å². The van der Waals surface area contributed by atoms with Crippen LogP contribution in [-0.2, 0) is 22.4 Å². The molecule has 0 saturated heterocycles. The van der Waals surface area contributed by atoms with Gasteiger partial charge in [-0.25, -0.2) is 4.79 Å². The standard InChI is InChI=1S/C22H20N2O5/c25-20-8-6-13-5-7-15(10-17(13)20)29-12-21(26)24-19(22(27)28)9-14-11-23-18-4-2-1-3-16(14)18/h1-5,7,10-11,19,23H,6,8-9,12H2,(H,24,26)(H,27,28)/t19-/m1/s1. The van der Waals surface area contributed by atoms with Crippen LogP contribution in [0.5, 0.6) is 5.75 Å². The van der Waals surface area contributed by atoms with E-state index in [1.165, 1.54) is 0 Å². The maximum Gasteiger partial charge on any atom is 0.326 e. The van der Waals surface area contributed by atoms with Gasteiger partial charge in [-0.05, 0) is 35.7 Å². The van der Waals surface area contributed by atoms with Crippen molar-refractivity contribution in [2.75, 3.05) is 6.61 Å². The predicted molar refractivity (Wildman–Crippen MR) is 106 cm³/mol. The molecule has 0 bridgehead atoms. The number of Topliss-reactive ketones (excluding diaryl/α,β-unsaturated/α-hetero) is 1. The average molecular weight is 392 g/mol. The first-order valence-electron chi connectivity index (χ1n) is 9.37. The fraction of sp³-hybridized carbons (Fsp3) is 0.227. The zero-order chi connectivity index (χ0) is 20.4. The van der Waals surface area contributed by atoms with Crippen molar-refractivity contribution < 1.29 is 24.2 Å². The van der Waals surface area contributed by atoms with Crippen molar-refractivity contribution >= 4 is 28.6 Å². The number of para-hydroxylation sites is 1. The van der Waals surface area contributed by atoms with Crippen LogP contribution in [0.15, 0.2) is 48.7 Å². The number of nitrogens with one attached hydrogen (secondary N) is 2. The van der Waals surface area contributed by atoms with Crippen LogP contribution in [0.2, 0.25) is 0 Å². The smallest absolute Gasteiger partial charge is 0.326 e. The highest BCUT2D eigenvalue weighted by Crippen LogP contribution is 2.26. The third kappa shape index (κ3) is 3.99. The van der Waals surface area contributed by atoms with Crippen molar-refractivity contribution in [1.29, 1.82) is 0 Å². The minimum atomic E-state index is -1.12. The van der Waals surface area contributed by atoms with E-state index in [0.29, 0.717) is 17.7 Å². The molecule has 1 aliphatic carbocycles. The van der Waals surface area contributed by atoms with Crippen LogP contribution in [0.3, 0.4) is 0 Å². The van der Waals surface area contributed by atoms with Crippen molar-refractivity contribution in [1.82, 2.24) is 10.3 Å². The number of aliphatic carboxylic acids is 1. The van der Waals surface area contributed by atoms with Crippen molar-refractivity contribution in [3.8, 4) is 5.75 Å². The molecule has 29 heavy (non-hydrogen) atoms. The Hall–Kier alpha value is -3.61. The maximum absolute atomic E-state index is 12.2. The van der Waals surface area contributed by atoms with Gasteiger partial charge in [0.2, 0.25) is 0 Å². The first kappa shape index (κ1) is 18.7. The number of carbonyl (C=O) groups excluding carboxylic acids is 2. The van der Waals surface area contributed by atoms with Crippen LogP contribution >= 0.6 is 0 Å². The quantitative estimate of drug-likeness (QED) is 0.572. The first-order valence-corrected chi connectivity index (χ1v) is 9.37. The number of amides is 1. The fourth-order valence-corrected chi connectivity index (χ4v) is 3.61. The lowest BCUT2D eigenvalue weighted by molar-refractivity contribution is -0.142. The number of aromatic amines is 1. The molecular weight excluding hydrogens is 372 g/mol. The highest BCUT2D eigenvalue weighted by atomic mass is 16.5. The maximum atomic E-state index is 12.2. The lowest BCUT2D eigenvalue weighted by Crippen LogP contribution is -2.44. The summed E-state index contributed by atoms with van der Waals surface area (Å²) in [5.41, 5.74) is 3.33. The third-order valence-electron chi connectivity index (χ3n) is 5.11. The number of benzene rings is 2. The van der Waals surface area contributed by atoms with E-state index in [-0.39, 0.29) is 18.8 Å². The Morgan fingerprint density at radius 3 is 2.83 bits per heavy atom. The van der Waals surface area contributed by atoms with E-state index in [4.69, 9.17) is 4.74 Å². The van der Waals surface area contributed by atoms with Crippen LogP contribution in [0.4, 0.5) is 0 Å². The number of aryl methyl sites for hydroxylation is 1. The van der Waals surface area contributed by atoms with Gasteiger partial charge in [-0.15, -0.1) is 0 Å². The monoisotopic (exact) mass is 392 g/mol. The summed E-state index contributed by atoms with van der Waals surface area (Å²) in [4.78, 5) is 38.8. The summed E-state index contributed by atoms with van der Waals surface area (Å²) in [6.45, 7) is -0.329. The molecule has 3 N–H and O–H groups in total. The average Bonchev–Trinajstić information content (AvgIpc) is 3.29. The zero-order valence-corrected chi connectivity index (χ0v) is 15.6. The van der Waals surface area contributed by atoms with E-state index < -0.39 is 17.9 Å². The second-order valence-corrected chi connectivity index (χ2v) is 7.05. The normalized spacial score (nSPS) is 13.9. The minimum Gasteiger partial charge on any atom is -0.484 e. The number of carboxylic acid groups (broad SMARTS) is 1. The van der Waals surface area contributed by atoms with Crippen LogP contribution in [0.25, 0.3) is 10.9 Å². The van der Waals surface area contributed by atoms with E-state index in [2.05, 4.69) is 10.3 Å². The van der Waals surface area contributed by atoms with E-state index in [1.54, 1.807) is 18.3 Å². The molecule has 0 fully saturated rings. The van der Waals surface area contributed by atoms with Gasteiger partial charge in [0, 0.05) is 35.5 Å². The summed E-state index contributed by atoms with van der Waals surface area (Å²) < 4.78 is 5.46. The van der Waals surface area contributed by atoms with E-state index in [1.807, 2.05) is 30.3 Å². The molecule has 148 valence electrons. The van der Waals surface area contributed by atoms with Crippen LogP contribution in [0, 0.1) is 0 Å². The number of ether oxygens (including phenoxy) is 1. The second kappa shape index (κ2) is 7.79. The number of H-pyrrole nitrogens is 1. The number of carboxylic acids is 1. The van der Waals surface area contributed by atoms with Gasteiger partial charge in [0.1, 0.15) is 11.8 Å². The highest BCUT2D eigenvalue weighted by molar-refractivity contribution is 6.00. The van der Waals surface area contributed by atoms with E-state index in [0.717, 1.165) is 28.5 Å². The van der Waals surface area contributed by atoms with Crippen molar-refractivity contribution in [2.24, 2.45) is 0 Å². The van der Waals surface area contributed by atoms with E-state index >= 15 is 0 Å². The molecule has 3 aromatic rings. The summed E-state index contributed by atoms with van der Waals surface area (Å²) in [5.74, 6) is -1.17. The number of fused-ring (bicyclic) bond motifs is 2. The number of aromatic nitrogens is 1. The van der Waals surface area contributed by atoms with Gasteiger partial charge in [0.05, 0.1) is 0 Å². The SMILES string of the molecule is O=C(COc1ccc2c(c1)C(=O)CC2)N[C@H](Cc1c[nH]c2ccccc12)C(=O)O. The molecule has 1 atom stereocenters. The molecule has 1 aromatic heterocycles. The Balaban J connectivity index is 1.38. The Morgan fingerprint density at radius 2 is 2.00 bits per heavy atom. The molecule has 7 heteroatoms. The van der Waals surface area contributed by atoms with Crippen LogP contribution in [-0.4, -0.2) is 40.4 Å². The van der Waals surface area contributed by atoms with Gasteiger partial charge < -0.3 is 20.1 Å². The van der Waals surface area contributed by atoms with Crippen LogP contribution < -0.4 is 10.1 Å². The number of rotatable bonds is 7. The summed E-state index contributed by atoms with van der Waals surface area (Å²) in [6, 6.07) is 11.7. The molecule has 0 unspecified atom stereocenters. The van der Waals surface area contributed by atoms with Gasteiger partial charge >= 0.3 is 5.97 Å². The first-order chi connectivity index (χ1) is 14.0. The van der Waals surface area contributed by atoms with Gasteiger partial charge in [-0.1, -0.05) is 24.3 Å². The molecule has 0 aliphatic heterocycles. The molecule has 1 amide bonds. The van der Waals surface area contributed by atoms with Crippen molar-refractivity contribution in [3.05, 3.63) is 65.4 Å². The van der Waals surface area contributed by atoms with Crippen LogP contribution in [0.1, 0.15) is 27.9 Å². The Labute approximate surface area is 166 Å². The van der Waals surface area contributed by atoms with Gasteiger partial charge in [0.25, 0.3) is 5.91 Å². The summed E-state index contributed by atoms with van der Waals surface area (Å²) in [6.07, 6.45) is 3.12. The number of hydrogen-bond acceptors (Lipinski definition) is 4. The number of hydrogen-bond donors (Lipinski definition) is 3.